The molecule has 3 aromatic rings. The highest BCUT2D eigenvalue weighted by atomic mass is 35.5. The minimum absolute atomic E-state index is 0.301. The van der Waals surface area contributed by atoms with Gasteiger partial charge in [0.15, 0.2) is 0 Å². The average molecular weight is 409 g/mol. The predicted molar refractivity (Wildman–Crippen MR) is 120 cm³/mol. The molecule has 0 spiro atoms. The molecule has 152 valence electrons. The number of halogens is 1. The van der Waals surface area contributed by atoms with Crippen LogP contribution in [0, 0.1) is 13.8 Å². The molecule has 1 atom stereocenters. The fourth-order valence-electron chi connectivity index (χ4n) is 3.53. The minimum atomic E-state index is 0.301. The molecule has 4 nitrogen and oxygen atoms in total. The Labute approximate surface area is 178 Å². The zero-order valence-electron chi connectivity index (χ0n) is 17.4. The lowest BCUT2D eigenvalue weighted by Crippen LogP contribution is -2.34. The van der Waals surface area contributed by atoms with Crippen molar-refractivity contribution < 1.29 is 0 Å². The van der Waals surface area contributed by atoms with Gasteiger partial charge in [-0.05, 0) is 61.2 Å². The van der Waals surface area contributed by atoms with Crippen LogP contribution in [0.25, 0.3) is 0 Å². The van der Waals surface area contributed by atoms with E-state index in [0.717, 1.165) is 42.0 Å². The van der Waals surface area contributed by atoms with E-state index in [4.69, 9.17) is 17.3 Å². The molecule has 3 rings (SSSR count). The Morgan fingerprint density at radius 2 is 1.86 bits per heavy atom. The molecule has 2 heterocycles. The van der Waals surface area contributed by atoms with Crippen LogP contribution in [-0.4, -0.2) is 20.9 Å². The Kier molecular flexibility index (Phi) is 7.37. The largest absolute Gasteiger partial charge is 0.326 e. The van der Waals surface area contributed by atoms with Crippen LogP contribution in [0.2, 0.25) is 5.02 Å². The van der Waals surface area contributed by atoms with Crippen LogP contribution >= 0.6 is 11.6 Å². The van der Waals surface area contributed by atoms with Crippen molar-refractivity contribution in [2.75, 3.05) is 0 Å². The average Bonchev–Trinajstić information content (AvgIpc) is 2.71. The lowest BCUT2D eigenvalue weighted by atomic mass is 10.0. The van der Waals surface area contributed by atoms with Gasteiger partial charge in [-0.25, -0.2) is 0 Å². The maximum atomic E-state index is 6.11. The number of hydrogen-bond donors (Lipinski definition) is 1. The minimum Gasteiger partial charge on any atom is -0.326 e. The summed E-state index contributed by atoms with van der Waals surface area (Å²) < 4.78 is 0. The second-order valence-corrected chi connectivity index (χ2v) is 8.10. The van der Waals surface area contributed by atoms with E-state index >= 15 is 0 Å². The van der Waals surface area contributed by atoms with Gasteiger partial charge in [0.2, 0.25) is 0 Å². The second-order valence-electron chi connectivity index (χ2n) is 7.66. The molecule has 0 saturated carbocycles. The Morgan fingerprint density at radius 3 is 2.52 bits per heavy atom. The van der Waals surface area contributed by atoms with Gasteiger partial charge in [0, 0.05) is 50.2 Å². The number of aryl methyl sites for hydroxylation is 2. The molecule has 0 aliphatic heterocycles. The van der Waals surface area contributed by atoms with Crippen molar-refractivity contribution in [3.8, 4) is 0 Å². The van der Waals surface area contributed by atoms with Crippen molar-refractivity contribution in [2.45, 2.75) is 52.9 Å². The number of aromatic nitrogens is 2. The van der Waals surface area contributed by atoms with Crippen molar-refractivity contribution in [3.63, 3.8) is 0 Å². The summed E-state index contributed by atoms with van der Waals surface area (Å²) in [6, 6.07) is 14.9. The van der Waals surface area contributed by atoms with E-state index in [1.165, 1.54) is 11.1 Å². The molecule has 0 fully saturated rings. The molecular formula is C24H29ClN4. The molecule has 2 N–H and O–H groups in total. The summed E-state index contributed by atoms with van der Waals surface area (Å²) in [7, 11) is 0. The number of nitrogens with zero attached hydrogens (tertiary/aromatic N) is 3. The van der Waals surface area contributed by atoms with Crippen molar-refractivity contribution in [1.82, 2.24) is 14.9 Å². The molecule has 0 aliphatic rings. The van der Waals surface area contributed by atoms with Gasteiger partial charge in [0.25, 0.3) is 0 Å². The highest BCUT2D eigenvalue weighted by Gasteiger charge is 2.18. The highest BCUT2D eigenvalue weighted by Crippen LogP contribution is 2.21. The van der Waals surface area contributed by atoms with Crippen molar-refractivity contribution >= 4 is 11.6 Å². The number of hydrogen-bond acceptors (Lipinski definition) is 4. The van der Waals surface area contributed by atoms with Crippen LogP contribution in [0.1, 0.15) is 40.6 Å². The summed E-state index contributed by atoms with van der Waals surface area (Å²) in [5.41, 5.74) is 12.8. The van der Waals surface area contributed by atoms with Crippen molar-refractivity contribution in [2.24, 2.45) is 5.73 Å². The topological polar surface area (TPSA) is 55.0 Å². The van der Waals surface area contributed by atoms with E-state index in [2.05, 4.69) is 59.9 Å². The Bertz CT molecular complexity index is 943. The molecule has 1 aromatic carbocycles. The third-order valence-electron chi connectivity index (χ3n) is 5.38. The highest BCUT2D eigenvalue weighted by molar-refractivity contribution is 6.30. The van der Waals surface area contributed by atoms with E-state index < -0.39 is 0 Å². The Balaban J connectivity index is 1.85. The molecule has 0 aliphatic carbocycles. The Hall–Kier alpha value is -2.27. The SMILES string of the molecule is Cc1cc(CN)ccc1CN(Cc1ncc(Cl)cc1C)C(C)Cc1ccccn1. The van der Waals surface area contributed by atoms with E-state index in [9.17, 15) is 0 Å². The zero-order valence-corrected chi connectivity index (χ0v) is 18.2. The van der Waals surface area contributed by atoms with E-state index in [1.54, 1.807) is 6.20 Å². The number of benzene rings is 1. The number of pyridine rings is 2. The fourth-order valence-corrected chi connectivity index (χ4v) is 3.74. The van der Waals surface area contributed by atoms with Crippen LogP contribution in [0.4, 0.5) is 0 Å². The van der Waals surface area contributed by atoms with Gasteiger partial charge in [0.1, 0.15) is 0 Å². The zero-order chi connectivity index (χ0) is 20.8. The monoisotopic (exact) mass is 408 g/mol. The van der Waals surface area contributed by atoms with Gasteiger partial charge in [-0.1, -0.05) is 35.9 Å². The maximum absolute atomic E-state index is 6.11. The first-order chi connectivity index (χ1) is 14.0. The standard InChI is InChI=1S/C24H29ClN4/c1-17-10-20(13-26)7-8-21(17)15-29(16-24-18(2)11-22(25)14-28-24)19(3)12-23-6-4-5-9-27-23/h4-11,14,19H,12-13,15-16,26H2,1-3H3. The number of nitrogens with two attached hydrogens (primary N) is 1. The molecule has 0 bridgehead atoms. The van der Waals surface area contributed by atoms with E-state index in [-0.39, 0.29) is 0 Å². The summed E-state index contributed by atoms with van der Waals surface area (Å²) in [6.45, 7) is 8.64. The third kappa shape index (κ3) is 5.86. The maximum Gasteiger partial charge on any atom is 0.0592 e. The van der Waals surface area contributed by atoms with Gasteiger partial charge >= 0.3 is 0 Å². The molecular weight excluding hydrogens is 380 g/mol. The van der Waals surface area contributed by atoms with Gasteiger partial charge in [0.05, 0.1) is 10.7 Å². The molecule has 5 heteroatoms. The Morgan fingerprint density at radius 1 is 1.03 bits per heavy atom. The molecule has 0 saturated heterocycles. The van der Waals surface area contributed by atoms with E-state index in [0.29, 0.717) is 17.6 Å². The second kappa shape index (κ2) is 9.97. The van der Waals surface area contributed by atoms with Crippen LogP contribution in [0.15, 0.2) is 54.9 Å². The summed E-state index contributed by atoms with van der Waals surface area (Å²) in [5.74, 6) is 0. The first-order valence-corrected chi connectivity index (χ1v) is 10.4. The molecule has 0 amide bonds. The molecule has 0 radical (unpaired) electrons. The van der Waals surface area contributed by atoms with Crippen molar-refractivity contribution in [1.29, 1.82) is 0 Å². The quantitative estimate of drug-likeness (QED) is 0.579. The van der Waals surface area contributed by atoms with E-state index in [1.807, 2.05) is 24.4 Å². The number of rotatable bonds is 8. The lowest BCUT2D eigenvalue weighted by molar-refractivity contribution is 0.185. The summed E-state index contributed by atoms with van der Waals surface area (Å²) in [4.78, 5) is 11.6. The first kappa shape index (κ1) is 21.4. The van der Waals surface area contributed by atoms with Gasteiger partial charge in [-0.3, -0.25) is 14.9 Å². The van der Waals surface area contributed by atoms with Crippen LogP contribution in [0.3, 0.4) is 0 Å². The van der Waals surface area contributed by atoms with Gasteiger partial charge in [-0.15, -0.1) is 0 Å². The third-order valence-corrected chi connectivity index (χ3v) is 5.58. The summed E-state index contributed by atoms with van der Waals surface area (Å²) in [5, 5.41) is 0.674. The molecule has 29 heavy (non-hydrogen) atoms. The van der Waals surface area contributed by atoms with Crippen LogP contribution in [0.5, 0.6) is 0 Å². The normalized spacial score (nSPS) is 12.3. The van der Waals surface area contributed by atoms with Crippen LogP contribution in [-0.2, 0) is 26.1 Å². The van der Waals surface area contributed by atoms with Crippen molar-refractivity contribution in [3.05, 3.63) is 93.5 Å². The first-order valence-electron chi connectivity index (χ1n) is 9.99. The molecule has 2 aromatic heterocycles. The van der Waals surface area contributed by atoms with Gasteiger partial charge in [-0.2, -0.15) is 0 Å². The van der Waals surface area contributed by atoms with Crippen LogP contribution < -0.4 is 5.73 Å². The fraction of sp³-hybridized carbons (Fsp3) is 0.333. The summed E-state index contributed by atoms with van der Waals surface area (Å²) in [6.07, 6.45) is 4.47. The summed E-state index contributed by atoms with van der Waals surface area (Å²) >= 11 is 6.11. The van der Waals surface area contributed by atoms with Gasteiger partial charge < -0.3 is 5.73 Å². The molecule has 1 unspecified atom stereocenters. The smallest absolute Gasteiger partial charge is 0.0592 e. The predicted octanol–water partition coefficient (Wildman–Crippen LogP) is 4.84. The lowest BCUT2D eigenvalue weighted by Gasteiger charge is -2.30.